The molecule has 0 atom stereocenters. The van der Waals surface area contributed by atoms with Gasteiger partial charge in [0.25, 0.3) is 5.19 Å². The van der Waals surface area contributed by atoms with E-state index >= 15 is 0 Å². The summed E-state index contributed by atoms with van der Waals surface area (Å²) in [6.07, 6.45) is 0. The Morgan fingerprint density at radius 3 is 2.38 bits per heavy atom. The van der Waals surface area contributed by atoms with Crippen LogP contribution in [0.5, 0.6) is 16.7 Å². The van der Waals surface area contributed by atoms with Gasteiger partial charge in [0.2, 0.25) is 0 Å². The van der Waals surface area contributed by atoms with Crippen LogP contribution in [0.4, 0.5) is 0 Å². The largest absolute Gasteiger partial charge is 0.492 e. The molecule has 0 amide bonds. The third-order valence-electron chi connectivity index (χ3n) is 3.87. The fourth-order valence-electron chi connectivity index (χ4n) is 2.43. The first-order chi connectivity index (χ1) is 11.8. The molecular formula is C19H22N2O2S. The SMILES string of the molecule is CCN(CC)CCOc1ccc(Oc2nc3ccccc3s2)cc1. The lowest BCUT2D eigenvalue weighted by Gasteiger charge is -2.18. The highest BCUT2D eigenvalue weighted by Crippen LogP contribution is 2.31. The molecular weight excluding hydrogens is 320 g/mol. The molecule has 0 bridgehead atoms. The van der Waals surface area contributed by atoms with E-state index in [9.17, 15) is 0 Å². The molecule has 0 aliphatic rings. The number of hydrogen-bond donors (Lipinski definition) is 0. The molecule has 4 nitrogen and oxygen atoms in total. The van der Waals surface area contributed by atoms with Gasteiger partial charge in [-0.05, 0) is 49.5 Å². The zero-order valence-corrected chi connectivity index (χ0v) is 14.9. The highest BCUT2D eigenvalue weighted by molar-refractivity contribution is 7.20. The van der Waals surface area contributed by atoms with Gasteiger partial charge in [-0.2, -0.15) is 0 Å². The minimum Gasteiger partial charge on any atom is -0.492 e. The molecule has 0 fully saturated rings. The van der Waals surface area contributed by atoms with Crippen molar-refractivity contribution in [2.24, 2.45) is 0 Å². The molecule has 2 aromatic carbocycles. The molecule has 0 saturated carbocycles. The zero-order valence-electron chi connectivity index (χ0n) is 14.1. The summed E-state index contributed by atoms with van der Waals surface area (Å²) in [6, 6.07) is 15.7. The van der Waals surface area contributed by atoms with Gasteiger partial charge in [0.05, 0.1) is 10.2 Å². The van der Waals surface area contributed by atoms with Gasteiger partial charge in [-0.1, -0.05) is 37.3 Å². The monoisotopic (exact) mass is 342 g/mol. The Kier molecular flexibility index (Phi) is 5.67. The molecule has 1 heterocycles. The summed E-state index contributed by atoms with van der Waals surface area (Å²) < 4.78 is 12.8. The highest BCUT2D eigenvalue weighted by atomic mass is 32.1. The van der Waals surface area contributed by atoms with Crippen LogP contribution in [0.25, 0.3) is 10.2 Å². The van der Waals surface area contributed by atoms with Crippen molar-refractivity contribution in [1.29, 1.82) is 0 Å². The lowest BCUT2D eigenvalue weighted by atomic mass is 10.3. The summed E-state index contributed by atoms with van der Waals surface area (Å²) in [7, 11) is 0. The second-order valence-corrected chi connectivity index (χ2v) is 6.39. The average Bonchev–Trinajstić information content (AvgIpc) is 3.02. The van der Waals surface area contributed by atoms with Crippen molar-refractivity contribution in [1.82, 2.24) is 9.88 Å². The Morgan fingerprint density at radius 1 is 0.958 bits per heavy atom. The van der Waals surface area contributed by atoms with Crippen LogP contribution in [0.15, 0.2) is 48.5 Å². The van der Waals surface area contributed by atoms with E-state index < -0.39 is 0 Å². The number of nitrogens with zero attached hydrogens (tertiary/aromatic N) is 2. The van der Waals surface area contributed by atoms with Crippen molar-refractivity contribution >= 4 is 21.6 Å². The Morgan fingerprint density at radius 2 is 1.67 bits per heavy atom. The van der Waals surface area contributed by atoms with E-state index in [-0.39, 0.29) is 0 Å². The van der Waals surface area contributed by atoms with Crippen molar-refractivity contribution in [3.8, 4) is 16.7 Å². The van der Waals surface area contributed by atoms with E-state index in [0.29, 0.717) is 11.8 Å². The van der Waals surface area contributed by atoms with E-state index in [1.165, 1.54) is 0 Å². The minimum atomic E-state index is 0.659. The topological polar surface area (TPSA) is 34.6 Å². The van der Waals surface area contributed by atoms with Crippen LogP contribution in [-0.4, -0.2) is 36.1 Å². The Hall–Kier alpha value is -2.11. The first-order valence-electron chi connectivity index (χ1n) is 8.27. The van der Waals surface area contributed by atoms with Crippen LogP contribution in [0, 0.1) is 0 Å². The number of likely N-dealkylation sites (N-methyl/N-ethyl adjacent to an activating group) is 1. The molecule has 3 aromatic rings. The van der Waals surface area contributed by atoms with Gasteiger partial charge >= 0.3 is 0 Å². The molecule has 126 valence electrons. The second kappa shape index (κ2) is 8.13. The van der Waals surface area contributed by atoms with E-state index in [2.05, 4.69) is 23.7 Å². The summed E-state index contributed by atoms with van der Waals surface area (Å²) in [5.74, 6) is 1.63. The molecule has 0 aliphatic carbocycles. The minimum absolute atomic E-state index is 0.659. The van der Waals surface area contributed by atoms with Crippen molar-refractivity contribution in [2.45, 2.75) is 13.8 Å². The maximum absolute atomic E-state index is 5.84. The maximum Gasteiger partial charge on any atom is 0.279 e. The lowest BCUT2D eigenvalue weighted by Crippen LogP contribution is -2.27. The molecule has 3 rings (SSSR count). The van der Waals surface area contributed by atoms with Gasteiger partial charge < -0.3 is 14.4 Å². The number of para-hydroxylation sites is 1. The molecule has 0 unspecified atom stereocenters. The van der Waals surface area contributed by atoms with E-state index in [4.69, 9.17) is 9.47 Å². The molecule has 0 radical (unpaired) electrons. The number of rotatable bonds is 8. The lowest BCUT2D eigenvalue weighted by molar-refractivity contribution is 0.222. The summed E-state index contributed by atoms with van der Waals surface area (Å²) >= 11 is 1.55. The molecule has 0 aliphatic heterocycles. The standard InChI is InChI=1S/C19H22N2O2S/c1-3-21(4-2)13-14-22-15-9-11-16(12-10-15)23-19-20-17-7-5-6-8-18(17)24-19/h5-12H,3-4,13-14H2,1-2H3. The summed E-state index contributed by atoms with van der Waals surface area (Å²) in [5.41, 5.74) is 0.967. The fraction of sp³-hybridized carbons (Fsp3) is 0.316. The maximum atomic E-state index is 5.84. The predicted molar refractivity (Wildman–Crippen MR) is 99.4 cm³/mol. The molecule has 0 N–H and O–H groups in total. The summed E-state index contributed by atoms with van der Waals surface area (Å²) in [4.78, 5) is 6.82. The van der Waals surface area contributed by atoms with Crippen molar-refractivity contribution in [3.05, 3.63) is 48.5 Å². The zero-order chi connectivity index (χ0) is 16.8. The number of aromatic nitrogens is 1. The first kappa shape index (κ1) is 16.7. The number of hydrogen-bond acceptors (Lipinski definition) is 5. The molecule has 0 spiro atoms. The second-order valence-electron chi connectivity index (χ2n) is 5.40. The van der Waals surface area contributed by atoms with E-state index in [1.807, 2.05) is 48.5 Å². The van der Waals surface area contributed by atoms with Crippen LogP contribution < -0.4 is 9.47 Å². The third kappa shape index (κ3) is 4.24. The van der Waals surface area contributed by atoms with Gasteiger partial charge in [-0.3, -0.25) is 0 Å². The number of fused-ring (bicyclic) bond motifs is 1. The predicted octanol–water partition coefficient (Wildman–Crippen LogP) is 4.81. The van der Waals surface area contributed by atoms with Gasteiger partial charge in [0.15, 0.2) is 0 Å². The van der Waals surface area contributed by atoms with Crippen LogP contribution in [0.1, 0.15) is 13.8 Å². The Labute approximate surface area is 146 Å². The average molecular weight is 342 g/mol. The van der Waals surface area contributed by atoms with Crippen molar-refractivity contribution in [2.75, 3.05) is 26.2 Å². The van der Waals surface area contributed by atoms with Gasteiger partial charge in [-0.15, -0.1) is 0 Å². The third-order valence-corrected chi connectivity index (χ3v) is 4.79. The van der Waals surface area contributed by atoms with Gasteiger partial charge in [0.1, 0.15) is 18.1 Å². The number of ether oxygens (including phenoxy) is 2. The summed E-state index contributed by atoms with van der Waals surface area (Å²) in [5, 5.41) is 0.659. The number of thiazole rings is 1. The molecule has 1 aromatic heterocycles. The highest BCUT2D eigenvalue weighted by Gasteiger charge is 2.06. The molecule has 24 heavy (non-hydrogen) atoms. The van der Waals surface area contributed by atoms with Crippen LogP contribution in [-0.2, 0) is 0 Å². The first-order valence-corrected chi connectivity index (χ1v) is 9.08. The Balaban J connectivity index is 1.56. The van der Waals surface area contributed by atoms with Crippen LogP contribution in [0.3, 0.4) is 0 Å². The van der Waals surface area contributed by atoms with E-state index in [1.54, 1.807) is 11.3 Å². The Bertz CT molecular complexity index is 733. The van der Waals surface area contributed by atoms with E-state index in [0.717, 1.165) is 41.3 Å². The van der Waals surface area contributed by atoms with Gasteiger partial charge in [-0.25, -0.2) is 4.98 Å². The normalized spacial score (nSPS) is 11.1. The number of benzene rings is 2. The molecule has 0 saturated heterocycles. The van der Waals surface area contributed by atoms with Gasteiger partial charge in [0, 0.05) is 6.54 Å². The van der Waals surface area contributed by atoms with Crippen molar-refractivity contribution < 1.29 is 9.47 Å². The van der Waals surface area contributed by atoms with Crippen LogP contribution in [0.2, 0.25) is 0 Å². The van der Waals surface area contributed by atoms with Crippen molar-refractivity contribution in [3.63, 3.8) is 0 Å². The summed E-state index contributed by atoms with van der Waals surface area (Å²) in [6.45, 7) is 8.07. The molecule has 5 heteroatoms. The van der Waals surface area contributed by atoms with Crippen LogP contribution >= 0.6 is 11.3 Å². The fourth-order valence-corrected chi connectivity index (χ4v) is 3.27. The quantitative estimate of drug-likeness (QED) is 0.588. The smallest absolute Gasteiger partial charge is 0.279 e.